The van der Waals surface area contributed by atoms with Gasteiger partial charge in [0, 0.05) is 13.1 Å². The Kier molecular flexibility index (Phi) is 4.63. The van der Waals surface area contributed by atoms with E-state index < -0.39 is 5.97 Å². The maximum absolute atomic E-state index is 11.9. The standard InChI is InChI=1S/C13H17ClN2O3/c1-16-5-6-18-9(7-16)8-19-13(17)10-3-2-4-11(14)12(10)15/h2-4,9H,5-8,15H2,1H3. The van der Waals surface area contributed by atoms with E-state index in [2.05, 4.69) is 4.90 Å². The number of nitrogens with two attached hydrogens (primary N) is 1. The highest BCUT2D eigenvalue weighted by atomic mass is 35.5. The molecular formula is C13H17ClN2O3. The molecule has 1 unspecified atom stereocenters. The first-order chi connectivity index (χ1) is 9.08. The van der Waals surface area contributed by atoms with Gasteiger partial charge in [0.15, 0.2) is 0 Å². The fourth-order valence-electron chi connectivity index (χ4n) is 1.93. The normalized spacial score (nSPS) is 20.2. The number of anilines is 1. The number of likely N-dealkylation sites (N-methyl/N-ethyl adjacent to an activating group) is 1. The van der Waals surface area contributed by atoms with Crippen LogP contribution >= 0.6 is 11.6 Å². The minimum Gasteiger partial charge on any atom is -0.459 e. The number of carbonyl (C=O) groups is 1. The van der Waals surface area contributed by atoms with Gasteiger partial charge in [-0.1, -0.05) is 17.7 Å². The van der Waals surface area contributed by atoms with Gasteiger partial charge in [0.2, 0.25) is 0 Å². The number of carbonyl (C=O) groups excluding carboxylic acids is 1. The predicted molar refractivity (Wildman–Crippen MR) is 73.4 cm³/mol. The number of nitrogens with zero attached hydrogens (tertiary/aromatic N) is 1. The van der Waals surface area contributed by atoms with Gasteiger partial charge in [-0.3, -0.25) is 0 Å². The summed E-state index contributed by atoms with van der Waals surface area (Å²) in [5, 5.41) is 0.350. The van der Waals surface area contributed by atoms with Crippen molar-refractivity contribution in [2.24, 2.45) is 0 Å². The summed E-state index contributed by atoms with van der Waals surface area (Å²) in [4.78, 5) is 14.0. The summed E-state index contributed by atoms with van der Waals surface area (Å²) in [5.41, 5.74) is 6.28. The molecule has 1 aromatic rings. The Labute approximate surface area is 117 Å². The first-order valence-corrected chi connectivity index (χ1v) is 6.47. The van der Waals surface area contributed by atoms with Crippen LogP contribution in [0.5, 0.6) is 0 Å². The van der Waals surface area contributed by atoms with Crippen LogP contribution in [0, 0.1) is 0 Å². The zero-order valence-electron chi connectivity index (χ0n) is 10.8. The van der Waals surface area contributed by atoms with Gasteiger partial charge < -0.3 is 20.1 Å². The topological polar surface area (TPSA) is 64.8 Å². The van der Waals surface area contributed by atoms with E-state index in [1.807, 2.05) is 7.05 Å². The summed E-state index contributed by atoms with van der Waals surface area (Å²) in [7, 11) is 2.01. The summed E-state index contributed by atoms with van der Waals surface area (Å²) < 4.78 is 10.7. The van der Waals surface area contributed by atoms with Crippen LogP contribution in [0.25, 0.3) is 0 Å². The van der Waals surface area contributed by atoms with Crippen molar-refractivity contribution in [1.82, 2.24) is 4.90 Å². The fourth-order valence-corrected chi connectivity index (χ4v) is 2.10. The van der Waals surface area contributed by atoms with Gasteiger partial charge >= 0.3 is 5.97 Å². The molecule has 0 aromatic heterocycles. The average Bonchev–Trinajstić information content (AvgIpc) is 2.39. The zero-order valence-corrected chi connectivity index (χ0v) is 11.5. The second kappa shape index (κ2) is 6.23. The van der Waals surface area contributed by atoms with Crippen molar-refractivity contribution in [3.05, 3.63) is 28.8 Å². The van der Waals surface area contributed by atoms with Crippen LogP contribution < -0.4 is 5.73 Å². The summed E-state index contributed by atoms with van der Waals surface area (Å²) in [6.45, 7) is 2.51. The number of para-hydroxylation sites is 1. The Bertz CT molecular complexity index is 467. The third-order valence-corrected chi connectivity index (χ3v) is 3.34. The Hall–Kier alpha value is -1.30. The van der Waals surface area contributed by atoms with E-state index in [1.165, 1.54) is 0 Å². The maximum Gasteiger partial charge on any atom is 0.340 e. The quantitative estimate of drug-likeness (QED) is 0.672. The molecule has 1 aliphatic rings. The lowest BCUT2D eigenvalue weighted by molar-refractivity contribution is -0.0528. The van der Waals surface area contributed by atoms with E-state index in [9.17, 15) is 4.79 Å². The Balaban J connectivity index is 1.92. The number of rotatable bonds is 3. The minimum absolute atomic E-state index is 0.0943. The van der Waals surface area contributed by atoms with E-state index in [0.29, 0.717) is 11.6 Å². The molecule has 0 aliphatic carbocycles. The molecule has 1 fully saturated rings. The molecule has 1 saturated heterocycles. The number of morpholine rings is 1. The molecule has 5 nitrogen and oxygen atoms in total. The highest BCUT2D eigenvalue weighted by Crippen LogP contribution is 2.23. The van der Waals surface area contributed by atoms with Gasteiger partial charge in [0.05, 0.1) is 22.9 Å². The van der Waals surface area contributed by atoms with E-state index >= 15 is 0 Å². The number of esters is 1. The third kappa shape index (κ3) is 3.59. The summed E-state index contributed by atoms with van der Waals surface area (Å²) in [5.74, 6) is -0.475. The average molecular weight is 285 g/mol. The van der Waals surface area contributed by atoms with Crippen molar-refractivity contribution < 1.29 is 14.3 Å². The predicted octanol–water partition coefficient (Wildman–Crippen LogP) is 1.41. The summed E-state index contributed by atoms with van der Waals surface area (Å²) in [6.07, 6.45) is -0.0943. The minimum atomic E-state index is -0.475. The monoisotopic (exact) mass is 284 g/mol. The Morgan fingerprint density at radius 3 is 3.16 bits per heavy atom. The molecule has 2 rings (SSSR count). The first kappa shape index (κ1) is 14.1. The van der Waals surface area contributed by atoms with E-state index in [0.717, 1.165) is 13.1 Å². The molecule has 2 N–H and O–H groups in total. The summed E-state index contributed by atoms with van der Waals surface area (Å²) >= 11 is 5.86. The lowest BCUT2D eigenvalue weighted by Crippen LogP contribution is -2.42. The SMILES string of the molecule is CN1CCOC(COC(=O)c2cccc(Cl)c2N)C1. The van der Waals surface area contributed by atoms with Crippen LogP contribution in [-0.2, 0) is 9.47 Å². The van der Waals surface area contributed by atoms with Gasteiger partial charge in [0.25, 0.3) is 0 Å². The van der Waals surface area contributed by atoms with Crippen LogP contribution in [0.15, 0.2) is 18.2 Å². The molecule has 1 atom stereocenters. The molecular weight excluding hydrogens is 268 g/mol. The number of ether oxygens (including phenoxy) is 2. The molecule has 1 aliphatic heterocycles. The van der Waals surface area contributed by atoms with Crippen LogP contribution in [0.2, 0.25) is 5.02 Å². The van der Waals surface area contributed by atoms with Crippen molar-refractivity contribution in [2.75, 3.05) is 39.1 Å². The zero-order chi connectivity index (χ0) is 13.8. The number of halogens is 1. The highest BCUT2D eigenvalue weighted by Gasteiger charge is 2.20. The lowest BCUT2D eigenvalue weighted by atomic mass is 10.2. The van der Waals surface area contributed by atoms with Crippen molar-refractivity contribution in [3.8, 4) is 0 Å². The maximum atomic E-state index is 11.9. The van der Waals surface area contributed by atoms with Crippen LogP contribution in [0.3, 0.4) is 0 Å². The number of benzene rings is 1. The molecule has 1 aromatic carbocycles. The van der Waals surface area contributed by atoms with Gasteiger partial charge in [0.1, 0.15) is 12.7 Å². The van der Waals surface area contributed by atoms with Gasteiger partial charge in [-0.2, -0.15) is 0 Å². The first-order valence-electron chi connectivity index (χ1n) is 6.09. The highest BCUT2D eigenvalue weighted by molar-refractivity contribution is 6.33. The molecule has 0 radical (unpaired) electrons. The van der Waals surface area contributed by atoms with E-state index in [1.54, 1.807) is 18.2 Å². The molecule has 104 valence electrons. The van der Waals surface area contributed by atoms with Crippen LogP contribution in [0.1, 0.15) is 10.4 Å². The van der Waals surface area contributed by atoms with E-state index in [4.69, 9.17) is 26.8 Å². The molecule has 0 spiro atoms. The fraction of sp³-hybridized carbons (Fsp3) is 0.462. The van der Waals surface area contributed by atoms with Crippen LogP contribution in [-0.4, -0.2) is 50.3 Å². The molecule has 1 heterocycles. The summed E-state index contributed by atoms with van der Waals surface area (Å²) in [6, 6.07) is 4.89. The van der Waals surface area contributed by atoms with Crippen molar-refractivity contribution in [2.45, 2.75) is 6.10 Å². The van der Waals surface area contributed by atoms with Gasteiger partial charge in [-0.05, 0) is 19.2 Å². The Morgan fingerprint density at radius 2 is 2.42 bits per heavy atom. The smallest absolute Gasteiger partial charge is 0.340 e. The lowest BCUT2D eigenvalue weighted by Gasteiger charge is -2.29. The number of nitrogen functional groups attached to an aromatic ring is 1. The van der Waals surface area contributed by atoms with Crippen molar-refractivity contribution >= 4 is 23.3 Å². The second-order valence-electron chi connectivity index (χ2n) is 4.55. The molecule has 19 heavy (non-hydrogen) atoms. The Morgan fingerprint density at radius 1 is 1.63 bits per heavy atom. The van der Waals surface area contributed by atoms with Gasteiger partial charge in [-0.15, -0.1) is 0 Å². The van der Waals surface area contributed by atoms with Gasteiger partial charge in [-0.25, -0.2) is 4.79 Å². The van der Waals surface area contributed by atoms with Crippen LogP contribution in [0.4, 0.5) is 5.69 Å². The number of hydrogen-bond donors (Lipinski definition) is 1. The largest absolute Gasteiger partial charge is 0.459 e. The molecule has 6 heteroatoms. The third-order valence-electron chi connectivity index (χ3n) is 3.02. The molecule has 0 saturated carbocycles. The molecule has 0 bridgehead atoms. The van der Waals surface area contributed by atoms with Crippen molar-refractivity contribution in [1.29, 1.82) is 0 Å². The van der Waals surface area contributed by atoms with Crippen molar-refractivity contribution in [3.63, 3.8) is 0 Å². The number of hydrogen-bond acceptors (Lipinski definition) is 5. The molecule has 0 amide bonds. The van der Waals surface area contributed by atoms with E-state index in [-0.39, 0.29) is 24.0 Å². The second-order valence-corrected chi connectivity index (χ2v) is 4.96.